The Bertz CT molecular complexity index is 973. The summed E-state index contributed by atoms with van der Waals surface area (Å²) in [6, 6.07) is 12.9. The van der Waals surface area contributed by atoms with Crippen LogP contribution < -0.4 is 13.9 Å². The number of piperazine rings is 1. The third kappa shape index (κ3) is 6.10. The van der Waals surface area contributed by atoms with Gasteiger partial charge in [-0.1, -0.05) is 6.92 Å². The molecule has 2 aromatic carbocycles. The molecule has 0 N–H and O–H groups in total. The normalized spacial score (nSPS) is 14.4. The molecule has 0 aromatic heterocycles. The molecule has 1 fully saturated rings. The van der Waals surface area contributed by atoms with Gasteiger partial charge in [-0.05, 0) is 55.0 Å². The zero-order valence-corrected chi connectivity index (χ0v) is 18.6. The number of anilines is 2. The topological polar surface area (TPSA) is 70.2 Å². The summed E-state index contributed by atoms with van der Waals surface area (Å²) in [5.41, 5.74) is 1.32. The maximum atomic E-state index is 13.1. The highest BCUT2D eigenvalue weighted by atomic mass is 32.2. The third-order valence-corrected chi connectivity index (χ3v) is 6.24. The van der Waals surface area contributed by atoms with Gasteiger partial charge >= 0.3 is 0 Å². The maximum Gasteiger partial charge on any atom is 0.243 e. The highest BCUT2D eigenvalue weighted by Crippen LogP contribution is 2.22. The lowest BCUT2D eigenvalue weighted by Crippen LogP contribution is -2.52. The van der Waals surface area contributed by atoms with Crippen LogP contribution in [0.5, 0.6) is 5.75 Å². The number of hydrogen-bond donors (Lipinski definition) is 0. The minimum absolute atomic E-state index is 0.254. The van der Waals surface area contributed by atoms with Gasteiger partial charge in [-0.15, -0.1) is 0 Å². The van der Waals surface area contributed by atoms with Crippen molar-refractivity contribution in [2.24, 2.45) is 0 Å². The highest BCUT2D eigenvalue weighted by molar-refractivity contribution is 7.92. The van der Waals surface area contributed by atoms with Gasteiger partial charge in [0, 0.05) is 31.9 Å². The fourth-order valence-corrected chi connectivity index (χ4v) is 4.27. The van der Waals surface area contributed by atoms with Crippen LogP contribution in [0.4, 0.5) is 15.8 Å². The molecule has 7 nitrogen and oxygen atoms in total. The average molecular weight is 450 g/mol. The number of amides is 1. The number of benzene rings is 2. The predicted molar refractivity (Wildman–Crippen MR) is 120 cm³/mol. The van der Waals surface area contributed by atoms with Crippen molar-refractivity contribution in [3.8, 4) is 5.75 Å². The zero-order valence-electron chi connectivity index (χ0n) is 17.8. The van der Waals surface area contributed by atoms with Crippen molar-refractivity contribution in [3.05, 3.63) is 54.3 Å². The van der Waals surface area contributed by atoms with Crippen LogP contribution in [0.15, 0.2) is 48.5 Å². The van der Waals surface area contributed by atoms with Crippen molar-refractivity contribution in [2.45, 2.75) is 13.3 Å². The number of nitrogens with zero attached hydrogens (tertiary/aromatic N) is 3. The van der Waals surface area contributed by atoms with E-state index in [0.717, 1.165) is 22.7 Å². The van der Waals surface area contributed by atoms with E-state index < -0.39 is 10.0 Å². The van der Waals surface area contributed by atoms with E-state index in [9.17, 15) is 17.6 Å². The van der Waals surface area contributed by atoms with E-state index in [0.29, 0.717) is 44.2 Å². The van der Waals surface area contributed by atoms with Gasteiger partial charge in [0.05, 0.1) is 18.6 Å². The van der Waals surface area contributed by atoms with Crippen molar-refractivity contribution < 1.29 is 22.3 Å². The molecule has 1 amide bonds. The van der Waals surface area contributed by atoms with E-state index in [-0.39, 0.29) is 18.3 Å². The molecule has 2 aromatic rings. The number of carbonyl (C=O) groups is 1. The van der Waals surface area contributed by atoms with Crippen molar-refractivity contribution in [2.75, 3.05) is 54.8 Å². The van der Waals surface area contributed by atoms with Crippen molar-refractivity contribution in [3.63, 3.8) is 0 Å². The van der Waals surface area contributed by atoms with Crippen LogP contribution in [0.2, 0.25) is 0 Å². The van der Waals surface area contributed by atoms with Gasteiger partial charge < -0.3 is 14.5 Å². The first-order valence-electron chi connectivity index (χ1n) is 10.3. The maximum absolute atomic E-state index is 13.1. The zero-order chi connectivity index (χ0) is 22.4. The molecule has 0 radical (unpaired) electrons. The van der Waals surface area contributed by atoms with E-state index >= 15 is 0 Å². The van der Waals surface area contributed by atoms with Crippen LogP contribution in [0, 0.1) is 5.82 Å². The van der Waals surface area contributed by atoms with Gasteiger partial charge in [0.15, 0.2) is 0 Å². The minimum atomic E-state index is -3.64. The van der Waals surface area contributed by atoms with Crippen molar-refractivity contribution in [1.82, 2.24) is 4.90 Å². The minimum Gasteiger partial charge on any atom is -0.494 e. The molecule has 1 saturated heterocycles. The van der Waals surface area contributed by atoms with Gasteiger partial charge in [0.2, 0.25) is 15.9 Å². The Morgan fingerprint density at radius 2 is 1.65 bits per heavy atom. The lowest BCUT2D eigenvalue weighted by molar-refractivity contribution is -0.129. The summed E-state index contributed by atoms with van der Waals surface area (Å²) in [5, 5.41) is 0. The molecule has 3 rings (SSSR count). The summed E-state index contributed by atoms with van der Waals surface area (Å²) in [6.07, 6.45) is 1.97. The first-order valence-corrected chi connectivity index (χ1v) is 12.1. The van der Waals surface area contributed by atoms with Crippen molar-refractivity contribution >= 4 is 27.3 Å². The molecule has 9 heteroatoms. The number of rotatable bonds is 8. The molecule has 1 aliphatic rings. The van der Waals surface area contributed by atoms with Gasteiger partial charge in [0.1, 0.15) is 18.1 Å². The first-order chi connectivity index (χ1) is 14.8. The van der Waals surface area contributed by atoms with E-state index in [4.69, 9.17) is 4.74 Å². The molecule has 168 valence electrons. The quantitative estimate of drug-likeness (QED) is 0.620. The summed E-state index contributed by atoms with van der Waals surface area (Å²) in [4.78, 5) is 16.6. The predicted octanol–water partition coefficient (Wildman–Crippen LogP) is 2.73. The highest BCUT2D eigenvalue weighted by Gasteiger charge is 2.26. The molecule has 31 heavy (non-hydrogen) atoms. The average Bonchev–Trinajstić information content (AvgIpc) is 2.76. The summed E-state index contributed by atoms with van der Waals surface area (Å²) in [6.45, 7) is 4.46. The number of hydrogen-bond acceptors (Lipinski definition) is 5. The van der Waals surface area contributed by atoms with Crippen LogP contribution in [-0.2, 0) is 14.8 Å². The van der Waals surface area contributed by atoms with E-state index in [1.807, 2.05) is 6.92 Å². The van der Waals surface area contributed by atoms with Gasteiger partial charge in [-0.2, -0.15) is 0 Å². The van der Waals surface area contributed by atoms with Crippen LogP contribution in [-0.4, -0.2) is 64.8 Å². The fraction of sp³-hybridized carbons (Fsp3) is 0.409. The fourth-order valence-electron chi connectivity index (χ4n) is 3.42. The molecular weight excluding hydrogens is 421 g/mol. The molecule has 1 heterocycles. The lowest BCUT2D eigenvalue weighted by atomic mass is 10.2. The summed E-state index contributed by atoms with van der Waals surface area (Å²) in [5.74, 6) is 0.112. The summed E-state index contributed by atoms with van der Waals surface area (Å²) < 4.78 is 44.5. The lowest BCUT2D eigenvalue weighted by Gasteiger charge is -2.37. The SMILES string of the molecule is CCCOc1ccc(N(CC(=O)N2CCN(c3ccc(F)cc3)CC2)S(C)(=O)=O)cc1. The molecule has 1 aliphatic heterocycles. The summed E-state index contributed by atoms with van der Waals surface area (Å²) >= 11 is 0. The Labute approximate surface area is 183 Å². The molecule has 0 bridgehead atoms. The molecule has 0 unspecified atom stereocenters. The second kappa shape index (κ2) is 10.00. The second-order valence-corrected chi connectivity index (χ2v) is 9.36. The second-order valence-electron chi connectivity index (χ2n) is 7.46. The Morgan fingerprint density at radius 3 is 2.19 bits per heavy atom. The summed E-state index contributed by atoms with van der Waals surface area (Å²) in [7, 11) is -3.64. The molecule has 0 spiro atoms. The van der Waals surface area contributed by atoms with Crippen LogP contribution in [0.25, 0.3) is 0 Å². The third-order valence-electron chi connectivity index (χ3n) is 5.10. The van der Waals surface area contributed by atoms with E-state index in [2.05, 4.69) is 4.90 Å². The number of carbonyl (C=O) groups excluding carboxylic acids is 1. The van der Waals surface area contributed by atoms with Gasteiger partial charge in [0.25, 0.3) is 0 Å². The molecule has 0 saturated carbocycles. The Balaban J connectivity index is 1.63. The number of sulfonamides is 1. The van der Waals surface area contributed by atoms with E-state index in [1.165, 1.54) is 12.1 Å². The van der Waals surface area contributed by atoms with Crippen LogP contribution in [0.1, 0.15) is 13.3 Å². The Kier molecular flexibility index (Phi) is 7.37. The molecular formula is C22H28FN3O4S. The molecule has 0 atom stereocenters. The number of halogens is 1. The monoisotopic (exact) mass is 449 g/mol. The first kappa shape index (κ1) is 22.9. The molecule has 0 aliphatic carbocycles. The Morgan fingerprint density at radius 1 is 1.03 bits per heavy atom. The Hall–Kier alpha value is -2.81. The smallest absolute Gasteiger partial charge is 0.243 e. The van der Waals surface area contributed by atoms with Crippen molar-refractivity contribution in [1.29, 1.82) is 0 Å². The van der Waals surface area contributed by atoms with Gasteiger partial charge in [-0.3, -0.25) is 9.10 Å². The van der Waals surface area contributed by atoms with Gasteiger partial charge in [-0.25, -0.2) is 12.8 Å². The van der Waals surface area contributed by atoms with E-state index in [1.54, 1.807) is 41.3 Å². The number of ether oxygens (including phenoxy) is 1. The van der Waals surface area contributed by atoms with Crippen LogP contribution >= 0.6 is 0 Å². The largest absolute Gasteiger partial charge is 0.494 e. The van der Waals surface area contributed by atoms with Crippen LogP contribution in [0.3, 0.4) is 0 Å². The standard InChI is InChI=1S/C22H28FN3O4S/c1-3-16-30-21-10-8-20(9-11-21)26(31(2,28)29)17-22(27)25-14-12-24(13-15-25)19-6-4-18(23)5-7-19/h4-11H,3,12-17H2,1-2H3.